The number of hydrogen-bond donors (Lipinski definition) is 4. The SMILES string of the molecule is COC1=C(Br)[C@@H](O)[C@]2(C=C1Br)CC(C(=O)NCCCOc1c(Br)cc(CCNC(=O)Cc3cc(Br)c(OC)c(Br)c3O)cc1Br)=NO2. The first kappa shape index (κ1) is 38.2. The van der Waals surface area contributed by atoms with E-state index in [9.17, 15) is 19.8 Å². The van der Waals surface area contributed by atoms with Crippen LogP contribution >= 0.6 is 95.6 Å². The van der Waals surface area contributed by atoms with E-state index in [1.54, 1.807) is 12.1 Å². The van der Waals surface area contributed by atoms with Crippen LogP contribution in [0.15, 0.2) is 62.0 Å². The predicted molar refractivity (Wildman–Crippen MR) is 197 cm³/mol. The molecule has 4 N–H and O–H groups in total. The Labute approximate surface area is 321 Å². The van der Waals surface area contributed by atoms with Crippen molar-refractivity contribution in [3.63, 3.8) is 0 Å². The first-order chi connectivity index (χ1) is 22.3. The maximum absolute atomic E-state index is 12.7. The van der Waals surface area contributed by atoms with Gasteiger partial charge in [-0.05, 0) is 138 Å². The van der Waals surface area contributed by atoms with Gasteiger partial charge in [-0.25, -0.2) is 0 Å². The molecule has 2 aromatic carbocycles. The number of hydrogen-bond acceptors (Lipinski definition) is 9. The van der Waals surface area contributed by atoms with Gasteiger partial charge in [0, 0.05) is 25.1 Å². The molecule has 47 heavy (non-hydrogen) atoms. The second kappa shape index (κ2) is 16.9. The van der Waals surface area contributed by atoms with Gasteiger partial charge in [-0.3, -0.25) is 9.59 Å². The third-order valence-corrected chi connectivity index (χ3v) is 11.1. The van der Waals surface area contributed by atoms with Crippen molar-refractivity contribution in [3.05, 3.63) is 68.0 Å². The fourth-order valence-electron chi connectivity index (χ4n) is 4.81. The smallest absolute Gasteiger partial charge is 0.269 e. The second-order valence-corrected chi connectivity index (χ2v) is 15.4. The van der Waals surface area contributed by atoms with Gasteiger partial charge in [0.2, 0.25) is 5.91 Å². The van der Waals surface area contributed by atoms with Crippen LogP contribution in [0.3, 0.4) is 0 Å². The molecule has 4 rings (SSSR count). The molecule has 2 aromatic rings. The zero-order valence-electron chi connectivity index (χ0n) is 24.9. The summed E-state index contributed by atoms with van der Waals surface area (Å²) < 4.78 is 19.9. The Kier molecular flexibility index (Phi) is 13.7. The van der Waals surface area contributed by atoms with Crippen molar-refractivity contribution < 1.29 is 38.9 Å². The summed E-state index contributed by atoms with van der Waals surface area (Å²) in [6.45, 7) is 1.05. The van der Waals surface area contributed by atoms with Crippen molar-refractivity contribution in [2.75, 3.05) is 33.9 Å². The number of phenolic OH excluding ortho intramolecular Hbond substituents is 1. The van der Waals surface area contributed by atoms with E-state index in [1.807, 2.05) is 12.1 Å². The lowest BCUT2D eigenvalue weighted by molar-refractivity contribution is -0.120. The van der Waals surface area contributed by atoms with Gasteiger partial charge in [-0.1, -0.05) is 5.16 Å². The van der Waals surface area contributed by atoms with Crippen molar-refractivity contribution >= 4 is 113 Å². The highest BCUT2D eigenvalue weighted by Gasteiger charge is 2.50. The Morgan fingerprint density at radius 2 is 1.68 bits per heavy atom. The third-order valence-electron chi connectivity index (χ3n) is 7.17. The van der Waals surface area contributed by atoms with Crippen molar-refractivity contribution in [2.45, 2.75) is 37.4 Å². The average Bonchev–Trinajstić information content (AvgIpc) is 3.44. The molecule has 11 nitrogen and oxygen atoms in total. The monoisotopic (exact) mass is 1030 g/mol. The maximum Gasteiger partial charge on any atom is 0.269 e. The number of amides is 2. The van der Waals surface area contributed by atoms with Gasteiger partial charge in [0.25, 0.3) is 5.91 Å². The molecule has 17 heteroatoms. The molecule has 1 aliphatic carbocycles. The summed E-state index contributed by atoms with van der Waals surface area (Å²) >= 11 is 20.6. The van der Waals surface area contributed by atoms with Crippen LogP contribution in [0.4, 0.5) is 0 Å². The number of phenols is 1. The van der Waals surface area contributed by atoms with Crippen molar-refractivity contribution in [1.29, 1.82) is 0 Å². The van der Waals surface area contributed by atoms with Crippen LogP contribution < -0.4 is 20.1 Å². The summed E-state index contributed by atoms with van der Waals surface area (Å²) in [5, 5.41) is 30.8. The first-order valence-corrected chi connectivity index (χ1v) is 18.7. The molecule has 0 radical (unpaired) electrons. The number of aliphatic hydroxyl groups excluding tert-OH is 1. The Balaban J connectivity index is 1.20. The molecule has 254 valence electrons. The summed E-state index contributed by atoms with van der Waals surface area (Å²) in [7, 11) is 2.98. The summed E-state index contributed by atoms with van der Waals surface area (Å²) in [5.41, 5.74) is 0.369. The van der Waals surface area contributed by atoms with Crippen molar-refractivity contribution in [2.24, 2.45) is 5.16 Å². The standard InChI is InChI=1S/C30H29Br6N3O8/c1-44-26-18(33)10-15(24(41)22(26)35)11-21(40)37-6-4-14-8-16(31)25(17(32)9-14)46-7-3-5-38-29(43)20-13-30(47-39-20)12-19(34)27(45-2)23(36)28(30)42/h8-10,12,28,41-42H,3-7,11,13H2,1-2H3,(H,37,40)(H,38,43)/t28-,30+/m1/s1. The molecule has 2 atom stereocenters. The number of aromatic hydroxyl groups is 1. The van der Waals surface area contributed by atoms with E-state index in [1.165, 1.54) is 14.2 Å². The van der Waals surface area contributed by atoms with E-state index >= 15 is 0 Å². The first-order valence-electron chi connectivity index (χ1n) is 14.0. The molecule has 0 unspecified atom stereocenters. The van der Waals surface area contributed by atoms with Crippen LogP contribution in [0.25, 0.3) is 0 Å². The molecule has 1 aliphatic heterocycles. The number of rotatable bonds is 13. The molecule has 2 amide bonds. The van der Waals surface area contributed by atoms with Gasteiger partial charge < -0.3 is 39.9 Å². The Bertz CT molecular complexity index is 1630. The minimum absolute atomic E-state index is 0.00000792. The number of allylic oxidation sites excluding steroid dienone is 1. The molecule has 1 spiro atoms. The minimum atomic E-state index is -1.22. The highest BCUT2D eigenvalue weighted by atomic mass is 79.9. The molecule has 2 aliphatic rings. The molecular weight excluding hydrogens is 1010 g/mol. The lowest BCUT2D eigenvalue weighted by Crippen LogP contribution is -2.45. The highest BCUT2D eigenvalue weighted by Crippen LogP contribution is 2.44. The van der Waals surface area contributed by atoms with Gasteiger partial charge in [0.15, 0.2) is 11.4 Å². The zero-order chi connectivity index (χ0) is 34.5. The number of oxime groups is 1. The number of benzene rings is 2. The van der Waals surface area contributed by atoms with Crippen molar-refractivity contribution in [3.8, 4) is 17.2 Å². The molecular formula is C30H29Br6N3O8. The summed E-state index contributed by atoms with van der Waals surface area (Å²) in [6.07, 6.45) is 1.71. The van der Waals surface area contributed by atoms with Gasteiger partial charge in [-0.15, -0.1) is 0 Å². The summed E-state index contributed by atoms with van der Waals surface area (Å²) in [4.78, 5) is 30.8. The van der Waals surface area contributed by atoms with Crippen molar-refractivity contribution in [1.82, 2.24) is 10.6 Å². The van der Waals surface area contributed by atoms with Crippen LogP contribution in [0.5, 0.6) is 17.2 Å². The molecule has 0 saturated carbocycles. The molecule has 0 fully saturated rings. The summed E-state index contributed by atoms with van der Waals surface area (Å²) in [6, 6.07) is 5.49. The number of nitrogens with one attached hydrogen (secondary N) is 2. The predicted octanol–water partition coefficient (Wildman–Crippen LogP) is 6.66. The fraction of sp³-hybridized carbons (Fsp3) is 0.367. The van der Waals surface area contributed by atoms with E-state index in [-0.39, 0.29) is 30.2 Å². The second-order valence-electron chi connectivity index (χ2n) is 10.4. The average molecular weight is 1040 g/mol. The van der Waals surface area contributed by atoms with Crippen LogP contribution in [-0.4, -0.2) is 73.4 Å². The molecule has 0 bridgehead atoms. The number of aliphatic hydroxyl groups is 1. The maximum atomic E-state index is 12.7. The Morgan fingerprint density at radius 3 is 2.34 bits per heavy atom. The highest BCUT2D eigenvalue weighted by molar-refractivity contribution is 9.12. The number of methoxy groups -OCH3 is 2. The number of halogens is 6. The van der Waals surface area contributed by atoms with Crippen LogP contribution in [-0.2, 0) is 32.0 Å². The van der Waals surface area contributed by atoms with Gasteiger partial charge in [0.05, 0.1) is 49.6 Å². The minimum Gasteiger partial charge on any atom is -0.506 e. The molecule has 0 saturated heterocycles. The van der Waals surface area contributed by atoms with E-state index in [2.05, 4.69) is 111 Å². The molecule has 0 aromatic heterocycles. The quantitative estimate of drug-likeness (QED) is 0.163. The zero-order valence-corrected chi connectivity index (χ0v) is 34.4. The van der Waals surface area contributed by atoms with E-state index < -0.39 is 17.6 Å². The van der Waals surface area contributed by atoms with Crippen LogP contribution in [0.1, 0.15) is 24.0 Å². The lowest BCUT2D eigenvalue weighted by atomic mass is 9.87. The van der Waals surface area contributed by atoms with Crippen LogP contribution in [0, 0.1) is 0 Å². The Morgan fingerprint density at radius 1 is 1.00 bits per heavy atom. The Hall–Kier alpha value is -1.63. The number of nitrogens with zero attached hydrogens (tertiary/aromatic N) is 1. The largest absolute Gasteiger partial charge is 0.506 e. The lowest BCUT2D eigenvalue weighted by Gasteiger charge is -2.33. The number of carbonyl (C=O) groups is 2. The van der Waals surface area contributed by atoms with E-state index in [0.29, 0.717) is 73.3 Å². The number of carbonyl (C=O) groups excluding carboxylic acids is 2. The summed E-state index contributed by atoms with van der Waals surface area (Å²) in [5.74, 6) is 0.829. The van der Waals surface area contributed by atoms with E-state index in [4.69, 9.17) is 19.0 Å². The van der Waals surface area contributed by atoms with Crippen LogP contribution in [0.2, 0.25) is 0 Å². The van der Waals surface area contributed by atoms with E-state index in [0.717, 1.165) is 14.5 Å². The molecule has 1 heterocycles. The third kappa shape index (κ3) is 8.94. The van der Waals surface area contributed by atoms with Gasteiger partial charge in [-0.2, -0.15) is 0 Å². The normalized spacial score (nSPS) is 18.8. The fourth-order valence-corrected chi connectivity index (χ4v) is 9.64. The van der Waals surface area contributed by atoms with Gasteiger partial charge >= 0.3 is 0 Å². The number of ether oxygens (including phenoxy) is 3. The van der Waals surface area contributed by atoms with Gasteiger partial charge in [0.1, 0.15) is 33.5 Å². The topological polar surface area (TPSA) is 148 Å².